The van der Waals surface area contributed by atoms with Crippen LogP contribution in [0.4, 0.5) is 0 Å². The van der Waals surface area contributed by atoms with Crippen LogP contribution in [0.15, 0.2) is 85.1 Å². The van der Waals surface area contributed by atoms with Crippen LogP contribution in [0.3, 0.4) is 0 Å². The quantitative estimate of drug-likeness (QED) is 0.627. The zero-order valence-electron chi connectivity index (χ0n) is 10.6. The molecule has 0 aliphatic carbocycles. The molecule has 3 rings (SSSR count). The van der Waals surface area contributed by atoms with Crippen molar-refractivity contribution in [1.82, 2.24) is 0 Å². The van der Waals surface area contributed by atoms with Crippen LogP contribution in [0.5, 0.6) is 0 Å². The molecule has 1 heteroatoms. The topological polar surface area (TPSA) is 14.1 Å². The van der Waals surface area contributed by atoms with E-state index in [9.17, 15) is 0 Å². The Kier molecular flexibility index (Phi) is 3.28. The largest absolute Gasteiger partial charge is 0.267 e. The van der Waals surface area contributed by atoms with Crippen molar-refractivity contribution in [3.8, 4) is 0 Å². The summed E-state index contributed by atoms with van der Waals surface area (Å²) in [6.07, 6.45) is 1.96. The normalized spacial score (nSPS) is 10.1. The maximum absolute atomic E-state index is 3.33. The molecular weight excluding hydrogens is 230 g/mol. The van der Waals surface area contributed by atoms with Gasteiger partial charge < -0.3 is 0 Å². The molecule has 0 radical (unpaired) electrons. The molecule has 2 aromatic carbocycles. The number of pyridine rings is 1. The molecule has 0 saturated heterocycles. The third kappa shape index (κ3) is 2.50. The maximum atomic E-state index is 3.33. The molecule has 0 aliphatic rings. The minimum absolute atomic E-state index is 1.12. The second-order valence-electron chi connectivity index (χ2n) is 4.38. The van der Waals surface area contributed by atoms with Crippen LogP contribution in [-0.2, 0) is 0 Å². The Hall–Kier alpha value is -2.54. The summed E-state index contributed by atoms with van der Waals surface area (Å²) in [5, 5.41) is 0. The van der Waals surface area contributed by atoms with Crippen molar-refractivity contribution in [2.75, 3.05) is 0 Å². The van der Waals surface area contributed by atoms with Crippen molar-refractivity contribution >= 4 is 0 Å². The van der Waals surface area contributed by atoms with Gasteiger partial charge in [0.25, 0.3) is 5.69 Å². The Balaban J connectivity index is 2.12. The summed E-state index contributed by atoms with van der Waals surface area (Å²) in [6.45, 7) is 0. The second kappa shape index (κ2) is 5.40. The van der Waals surface area contributed by atoms with Gasteiger partial charge in [-0.05, 0) is 66.7 Å². The monoisotopic (exact) mass is 245 g/mol. The summed E-state index contributed by atoms with van der Waals surface area (Å²) >= 11 is 0. The highest BCUT2D eigenvalue weighted by molar-refractivity contribution is 5.53. The van der Waals surface area contributed by atoms with Gasteiger partial charge in [-0.15, -0.1) is 0 Å². The molecule has 0 unspecified atom stereocenters. The first-order valence-electron chi connectivity index (χ1n) is 6.40. The Morgan fingerprint density at radius 2 is 1.11 bits per heavy atom. The molecule has 0 saturated carbocycles. The first kappa shape index (κ1) is 11.5. The average Bonchev–Trinajstić information content (AvgIpc) is 2.51. The number of hydrogen-bond donors (Lipinski definition) is 0. The van der Waals surface area contributed by atoms with Crippen LogP contribution < -0.4 is 4.98 Å². The summed E-state index contributed by atoms with van der Waals surface area (Å²) < 4.78 is 0. The molecule has 90 valence electrons. The van der Waals surface area contributed by atoms with E-state index < -0.39 is 0 Å². The van der Waals surface area contributed by atoms with Crippen LogP contribution in [0.2, 0.25) is 0 Å². The molecule has 3 aromatic rings. The smallest absolute Gasteiger partial charge is 0.200 e. The zero-order chi connectivity index (χ0) is 12.9. The van der Waals surface area contributed by atoms with Gasteiger partial charge in [-0.2, -0.15) is 4.98 Å². The first-order chi connectivity index (χ1) is 9.45. The lowest BCUT2D eigenvalue weighted by Gasteiger charge is -2.07. The van der Waals surface area contributed by atoms with E-state index in [2.05, 4.69) is 65.6 Å². The standard InChI is InChI=1S/C18H14N/c1-3-9-15(10-4-1)18(16-11-5-2-6-12-16)17-13-7-8-14-19-17/h1-14H/q+1/p+1. The van der Waals surface area contributed by atoms with E-state index in [0.29, 0.717) is 0 Å². The van der Waals surface area contributed by atoms with Crippen LogP contribution in [-0.4, -0.2) is 0 Å². The van der Waals surface area contributed by atoms with E-state index >= 15 is 0 Å². The number of aromatic amines is 1. The van der Waals surface area contributed by atoms with Crippen LogP contribution in [0.25, 0.3) is 0 Å². The van der Waals surface area contributed by atoms with Crippen molar-refractivity contribution in [3.63, 3.8) is 0 Å². The molecule has 0 spiro atoms. The van der Waals surface area contributed by atoms with Gasteiger partial charge in [0.05, 0.1) is 17.2 Å². The fourth-order valence-corrected chi connectivity index (χ4v) is 2.24. The Bertz CT molecular complexity index is 524. The molecular formula is C18H15N+2. The lowest BCUT2D eigenvalue weighted by Crippen LogP contribution is -2.17. The van der Waals surface area contributed by atoms with E-state index in [1.807, 2.05) is 24.4 Å². The van der Waals surface area contributed by atoms with Gasteiger partial charge in [0.1, 0.15) is 5.92 Å². The van der Waals surface area contributed by atoms with E-state index in [4.69, 9.17) is 0 Å². The predicted molar refractivity (Wildman–Crippen MR) is 76.4 cm³/mol. The molecule has 1 heterocycles. The molecule has 0 atom stereocenters. The van der Waals surface area contributed by atoms with E-state index in [1.54, 1.807) is 0 Å². The first-order valence-corrected chi connectivity index (χ1v) is 6.40. The van der Waals surface area contributed by atoms with Gasteiger partial charge >= 0.3 is 0 Å². The van der Waals surface area contributed by atoms with Crippen molar-refractivity contribution in [2.45, 2.75) is 0 Å². The highest BCUT2D eigenvalue weighted by atomic mass is 14.7. The van der Waals surface area contributed by atoms with E-state index in [0.717, 1.165) is 5.69 Å². The van der Waals surface area contributed by atoms with Gasteiger partial charge in [-0.25, -0.2) is 0 Å². The number of aromatic nitrogens is 1. The van der Waals surface area contributed by atoms with Gasteiger partial charge in [0, 0.05) is 6.07 Å². The van der Waals surface area contributed by atoms with E-state index in [1.165, 1.54) is 17.0 Å². The van der Waals surface area contributed by atoms with Crippen molar-refractivity contribution in [3.05, 3.63) is 108 Å². The number of nitrogens with one attached hydrogen (secondary N) is 1. The van der Waals surface area contributed by atoms with Crippen molar-refractivity contribution in [2.24, 2.45) is 0 Å². The molecule has 0 fully saturated rings. The molecule has 0 amide bonds. The van der Waals surface area contributed by atoms with Gasteiger partial charge in [0.2, 0.25) is 0 Å². The van der Waals surface area contributed by atoms with Crippen LogP contribution in [0.1, 0.15) is 16.8 Å². The lowest BCUT2D eigenvalue weighted by atomic mass is 9.88. The average molecular weight is 245 g/mol. The summed E-state index contributed by atoms with van der Waals surface area (Å²) in [6, 6.07) is 27.1. The molecule has 0 aliphatic heterocycles. The number of rotatable bonds is 3. The minimum Gasteiger partial charge on any atom is -0.200 e. The van der Waals surface area contributed by atoms with Gasteiger partial charge in [0.15, 0.2) is 6.20 Å². The fourth-order valence-electron chi connectivity index (χ4n) is 2.24. The number of benzene rings is 2. The zero-order valence-corrected chi connectivity index (χ0v) is 10.6. The molecule has 1 N–H and O–H groups in total. The number of H-pyrrole nitrogens is 1. The van der Waals surface area contributed by atoms with Crippen LogP contribution in [0, 0.1) is 5.92 Å². The Morgan fingerprint density at radius 3 is 1.58 bits per heavy atom. The molecule has 1 aromatic heterocycles. The molecule has 0 bridgehead atoms. The van der Waals surface area contributed by atoms with Crippen LogP contribution >= 0.6 is 0 Å². The fraction of sp³-hybridized carbons (Fsp3) is 0. The number of hydrogen-bond acceptors (Lipinski definition) is 0. The lowest BCUT2D eigenvalue weighted by molar-refractivity contribution is -0.386. The summed E-state index contributed by atoms with van der Waals surface area (Å²) in [4.78, 5) is 3.33. The Labute approximate surface area is 113 Å². The maximum Gasteiger partial charge on any atom is 0.267 e. The second-order valence-corrected chi connectivity index (χ2v) is 4.38. The summed E-state index contributed by atoms with van der Waals surface area (Å²) in [7, 11) is 0. The third-order valence-corrected chi connectivity index (χ3v) is 3.10. The summed E-state index contributed by atoms with van der Waals surface area (Å²) in [5.74, 6) is 1.22. The van der Waals surface area contributed by atoms with Crippen molar-refractivity contribution < 1.29 is 4.98 Å². The molecule has 1 nitrogen and oxygen atoms in total. The minimum atomic E-state index is 1.12. The van der Waals surface area contributed by atoms with Crippen molar-refractivity contribution in [1.29, 1.82) is 0 Å². The highest BCUT2D eigenvalue weighted by Crippen LogP contribution is 2.27. The predicted octanol–water partition coefficient (Wildman–Crippen LogP) is 3.52. The van der Waals surface area contributed by atoms with E-state index in [-0.39, 0.29) is 0 Å². The highest BCUT2D eigenvalue weighted by Gasteiger charge is 2.27. The van der Waals surface area contributed by atoms with Gasteiger partial charge in [-0.3, -0.25) is 0 Å². The Morgan fingerprint density at radius 1 is 0.579 bits per heavy atom. The summed E-state index contributed by atoms with van der Waals surface area (Å²) in [5.41, 5.74) is 3.56. The molecule has 19 heavy (non-hydrogen) atoms. The van der Waals surface area contributed by atoms with Gasteiger partial charge in [-0.1, -0.05) is 0 Å². The third-order valence-electron chi connectivity index (χ3n) is 3.10. The SMILES string of the molecule is c1ccc([C+](c2ccccc2)c2cccc[nH+]2)cc1.